The van der Waals surface area contributed by atoms with E-state index in [0.29, 0.717) is 6.07 Å². The van der Waals surface area contributed by atoms with Crippen LogP contribution >= 0.6 is 0 Å². The summed E-state index contributed by atoms with van der Waals surface area (Å²) in [7, 11) is 0. The van der Waals surface area contributed by atoms with Gasteiger partial charge in [0.25, 0.3) is 5.79 Å². The number of hydrogen-bond donors (Lipinski definition) is 1. The van der Waals surface area contributed by atoms with E-state index in [-0.39, 0.29) is 5.69 Å². The summed E-state index contributed by atoms with van der Waals surface area (Å²) < 4.78 is 48.3. The van der Waals surface area contributed by atoms with Crippen LogP contribution in [0.3, 0.4) is 0 Å². The summed E-state index contributed by atoms with van der Waals surface area (Å²) in [4.78, 5) is 23.4. The Morgan fingerprint density at radius 3 is 2.29 bits per heavy atom. The number of esters is 2. The molecular weight excluding hydrogens is 329 g/mol. The highest BCUT2D eigenvalue weighted by Gasteiger charge is 2.39. The lowest BCUT2D eigenvalue weighted by Crippen LogP contribution is -2.42. The van der Waals surface area contributed by atoms with Crippen molar-refractivity contribution in [3.8, 4) is 6.07 Å². The van der Waals surface area contributed by atoms with Gasteiger partial charge in [-0.05, 0) is 18.2 Å². The first kappa shape index (κ1) is 17.3. The van der Waals surface area contributed by atoms with Crippen molar-refractivity contribution in [2.24, 2.45) is 0 Å². The average molecular weight is 340 g/mol. The van der Waals surface area contributed by atoms with E-state index >= 15 is 0 Å². The van der Waals surface area contributed by atoms with Crippen molar-refractivity contribution in [2.45, 2.75) is 25.8 Å². The highest BCUT2D eigenvalue weighted by Crippen LogP contribution is 2.33. The molecule has 0 unspecified atom stereocenters. The fraction of sp³-hybridized carbons (Fsp3) is 0.267. The van der Waals surface area contributed by atoms with E-state index in [1.165, 1.54) is 26.0 Å². The van der Waals surface area contributed by atoms with Crippen LogP contribution in [0.15, 0.2) is 30.0 Å². The maximum absolute atomic E-state index is 12.9. The predicted molar refractivity (Wildman–Crippen MR) is 74.1 cm³/mol. The second-order valence-electron chi connectivity index (χ2n) is 5.25. The summed E-state index contributed by atoms with van der Waals surface area (Å²) in [6.07, 6.45) is -3.83. The maximum atomic E-state index is 12.9. The van der Waals surface area contributed by atoms with Gasteiger partial charge in [-0.2, -0.15) is 18.4 Å². The number of ether oxygens (including phenoxy) is 2. The minimum atomic E-state index is -4.72. The monoisotopic (exact) mass is 340 g/mol. The number of hydrogen-bond acceptors (Lipinski definition) is 6. The number of carbonyl (C=O) groups is 2. The van der Waals surface area contributed by atoms with Crippen molar-refractivity contribution in [1.29, 1.82) is 5.26 Å². The Bertz CT molecular complexity index is 754. The summed E-state index contributed by atoms with van der Waals surface area (Å²) in [5.41, 5.74) is -2.24. The first-order valence-corrected chi connectivity index (χ1v) is 6.58. The third kappa shape index (κ3) is 3.65. The van der Waals surface area contributed by atoms with Gasteiger partial charge in [0, 0.05) is 25.7 Å². The van der Waals surface area contributed by atoms with Crippen LogP contribution in [0.5, 0.6) is 0 Å². The molecule has 0 amide bonds. The van der Waals surface area contributed by atoms with Crippen molar-refractivity contribution in [2.75, 3.05) is 5.32 Å². The number of benzene rings is 1. The molecule has 2 rings (SSSR count). The number of anilines is 1. The van der Waals surface area contributed by atoms with Crippen LogP contribution in [0.2, 0.25) is 0 Å². The molecule has 0 aromatic heterocycles. The predicted octanol–water partition coefficient (Wildman–Crippen LogP) is 2.71. The maximum Gasteiger partial charge on any atom is 0.417 e. The van der Waals surface area contributed by atoms with Crippen LogP contribution in [0, 0.1) is 11.3 Å². The average Bonchev–Trinajstić information content (AvgIpc) is 2.44. The number of cyclic esters (lactones) is 2. The van der Waals surface area contributed by atoms with Crippen LogP contribution in [-0.2, 0) is 25.2 Å². The summed E-state index contributed by atoms with van der Waals surface area (Å²) >= 11 is 0. The third-order valence-corrected chi connectivity index (χ3v) is 2.95. The molecule has 0 atom stereocenters. The molecule has 1 aliphatic rings. The molecule has 1 aliphatic heterocycles. The van der Waals surface area contributed by atoms with Gasteiger partial charge < -0.3 is 14.8 Å². The topological polar surface area (TPSA) is 88.4 Å². The van der Waals surface area contributed by atoms with Gasteiger partial charge in [-0.25, -0.2) is 9.59 Å². The molecule has 0 bridgehead atoms. The largest absolute Gasteiger partial charge is 0.419 e. The lowest BCUT2D eigenvalue weighted by molar-refractivity contribution is -0.222. The van der Waals surface area contributed by atoms with Gasteiger partial charge in [-0.3, -0.25) is 0 Å². The normalized spacial score (nSPS) is 16.8. The van der Waals surface area contributed by atoms with Crippen LogP contribution in [-0.4, -0.2) is 17.7 Å². The van der Waals surface area contributed by atoms with E-state index in [1.54, 1.807) is 0 Å². The molecule has 0 radical (unpaired) electrons. The number of nitriles is 1. The third-order valence-electron chi connectivity index (χ3n) is 2.95. The highest BCUT2D eigenvalue weighted by atomic mass is 19.4. The second-order valence-corrected chi connectivity index (χ2v) is 5.25. The standard InChI is InChI=1S/C15H11F3N2O4/c1-14(2)23-12(21)10(13(22)24-14)7-20-9-4-3-8(6-19)11(5-9)15(16,17)18/h3-5,7,20H,1-2H3. The molecule has 1 heterocycles. The van der Waals surface area contributed by atoms with Crippen LogP contribution in [0.1, 0.15) is 25.0 Å². The lowest BCUT2D eigenvalue weighted by Gasteiger charge is -2.29. The Labute approximate surface area is 134 Å². The first-order chi connectivity index (χ1) is 11.0. The van der Waals surface area contributed by atoms with Gasteiger partial charge >= 0.3 is 18.1 Å². The van der Waals surface area contributed by atoms with E-state index in [4.69, 9.17) is 14.7 Å². The first-order valence-electron chi connectivity index (χ1n) is 6.58. The number of alkyl halides is 3. The van der Waals surface area contributed by atoms with Crippen LogP contribution < -0.4 is 5.32 Å². The van der Waals surface area contributed by atoms with E-state index in [0.717, 1.165) is 12.3 Å². The summed E-state index contributed by atoms with van der Waals surface area (Å²) in [6.45, 7) is 2.73. The van der Waals surface area contributed by atoms with Crippen molar-refractivity contribution < 1.29 is 32.2 Å². The van der Waals surface area contributed by atoms with E-state index in [9.17, 15) is 22.8 Å². The van der Waals surface area contributed by atoms with Crippen LogP contribution in [0.4, 0.5) is 18.9 Å². The Kier molecular flexibility index (Phi) is 4.25. The molecule has 24 heavy (non-hydrogen) atoms. The van der Waals surface area contributed by atoms with Crippen molar-refractivity contribution in [3.05, 3.63) is 41.1 Å². The molecule has 0 spiro atoms. The molecule has 1 saturated heterocycles. The van der Waals surface area contributed by atoms with Crippen molar-refractivity contribution in [3.63, 3.8) is 0 Å². The zero-order valence-electron chi connectivity index (χ0n) is 12.5. The number of nitrogens with one attached hydrogen (secondary N) is 1. The van der Waals surface area contributed by atoms with E-state index in [2.05, 4.69) is 5.32 Å². The summed E-state index contributed by atoms with van der Waals surface area (Å²) in [5.74, 6) is -3.34. The summed E-state index contributed by atoms with van der Waals surface area (Å²) in [5, 5.41) is 11.1. The second kappa shape index (κ2) is 5.88. The zero-order valence-corrected chi connectivity index (χ0v) is 12.5. The molecule has 0 saturated carbocycles. The molecular formula is C15H11F3N2O4. The number of halogens is 3. The molecule has 9 heteroatoms. The van der Waals surface area contributed by atoms with Gasteiger partial charge in [-0.15, -0.1) is 0 Å². The van der Waals surface area contributed by atoms with E-state index in [1.807, 2.05) is 0 Å². The minimum Gasteiger partial charge on any atom is -0.419 e. The van der Waals surface area contributed by atoms with Gasteiger partial charge in [0.2, 0.25) is 0 Å². The van der Waals surface area contributed by atoms with E-state index < -0.39 is 40.6 Å². The fourth-order valence-corrected chi connectivity index (χ4v) is 1.90. The molecule has 1 N–H and O–H groups in total. The molecule has 1 fully saturated rings. The zero-order chi connectivity index (χ0) is 18.1. The lowest BCUT2D eigenvalue weighted by atomic mass is 10.1. The Morgan fingerprint density at radius 2 is 1.79 bits per heavy atom. The number of carbonyl (C=O) groups excluding carboxylic acids is 2. The van der Waals surface area contributed by atoms with Gasteiger partial charge in [-0.1, -0.05) is 0 Å². The van der Waals surface area contributed by atoms with Gasteiger partial charge in [0.15, 0.2) is 5.57 Å². The molecule has 1 aromatic carbocycles. The fourth-order valence-electron chi connectivity index (χ4n) is 1.90. The highest BCUT2D eigenvalue weighted by molar-refractivity contribution is 6.15. The molecule has 126 valence electrons. The van der Waals surface area contributed by atoms with Crippen molar-refractivity contribution in [1.82, 2.24) is 0 Å². The Balaban J connectivity index is 2.28. The minimum absolute atomic E-state index is 0.0701. The molecule has 1 aromatic rings. The van der Waals surface area contributed by atoms with Gasteiger partial charge in [0.1, 0.15) is 0 Å². The molecule has 0 aliphatic carbocycles. The van der Waals surface area contributed by atoms with Crippen LogP contribution in [0.25, 0.3) is 0 Å². The quantitative estimate of drug-likeness (QED) is 0.506. The Hall–Kier alpha value is -3.02. The van der Waals surface area contributed by atoms with Gasteiger partial charge in [0.05, 0.1) is 17.2 Å². The number of nitrogens with zero attached hydrogens (tertiary/aromatic N) is 1. The Morgan fingerprint density at radius 1 is 1.21 bits per heavy atom. The number of rotatable bonds is 2. The SMILES string of the molecule is CC1(C)OC(=O)C(=CNc2ccc(C#N)c(C(F)(F)F)c2)C(=O)O1. The smallest absolute Gasteiger partial charge is 0.417 e. The molecule has 6 nitrogen and oxygen atoms in total. The summed E-state index contributed by atoms with van der Waals surface area (Å²) in [6, 6.07) is 4.32. The van der Waals surface area contributed by atoms with Crippen molar-refractivity contribution >= 4 is 17.6 Å².